The van der Waals surface area contributed by atoms with Crippen LogP contribution in [0.15, 0.2) is 0 Å². The molecule has 3 heteroatoms. The molecule has 1 aliphatic carbocycles. The van der Waals surface area contributed by atoms with Crippen LogP contribution in [0.4, 0.5) is 0 Å². The molecule has 3 nitrogen and oxygen atoms in total. The van der Waals surface area contributed by atoms with Crippen LogP contribution in [0, 0.1) is 11.8 Å². The van der Waals surface area contributed by atoms with Crippen LogP contribution in [-0.4, -0.2) is 38.5 Å². The summed E-state index contributed by atoms with van der Waals surface area (Å²) in [6.45, 7) is 7.52. The molecule has 118 valence electrons. The first kappa shape index (κ1) is 16.3. The Kier molecular flexibility index (Phi) is 6.31. The topological polar surface area (TPSA) is 30.5 Å². The van der Waals surface area contributed by atoms with Crippen LogP contribution in [0.2, 0.25) is 0 Å². The van der Waals surface area contributed by atoms with Gasteiger partial charge in [-0.2, -0.15) is 0 Å². The molecule has 1 N–H and O–H groups in total. The molecule has 1 saturated heterocycles. The lowest BCUT2D eigenvalue weighted by atomic mass is 9.72. The van der Waals surface area contributed by atoms with Crippen molar-refractivity contribution in [3.63, 3.8) is 0 Å². The first-order chi connectivity index (χ1) is 9.70. The fourth-order valence-corrected chi connectivity index (χ4v) is 3.99. The van der Waals surface area contributed by atoms with Gasteiger partial charge in [0.05, 0.1) is 5.60 Å². The molecule has 0 amide bonds. The summed E-state index contributed by atoms with van der Waals surface area (Å²) in [6, 6.07) is 0.508. The molecule has 2 rings (SSSR count). The number of rotatable bonds is 6. The largest absolute Gasteiger partial charge is 0.381 e. The van der Waals surface area contributed by atoms with Crippen molar-refractivity contribution < 1.29 is 9.47 Å². The summed E-state index contributed by atoms with van der Waals surface area (Å²) in [5.74, 6) is 1.67. The lowest BCUT2D eigenvalue weighted by Gasteiger charge is -2.45. The maximum absolute atomic E-state index is 6.09. The van der Waals surface area contributed by atoms with E-state index in [1.165, 1.54) is 44.9 Å². The standard InChI is InChI=1S/C17H33NO2/c1-4-18-16(13-15-7-11-20-12-8-15)17(19-3)9-5-14(2)6-10-17/h14-16,18H,4-13H2,1-3H3. The van der Waals surface area contributed by atoms with E-state index in [4.69, 9.17) is 9.47 Å². The Bertz CT molecular complexity index is 268. The van der Waals surface area contributed by atoms with Gasteiger partial charge in [-0.1, -0.05) is 13.8 Å². The van der Waals surface area contributed by atoms with Gasteiger partial charge in [0.15, 0.2) is 0 Å². The second-order valence-corrected chi connectivity index (χ2v) is 6.85. The third-order valence-corrected chi connectivity index (χ3v) is 5.52. The molecule has 0 spiro atoms. The summed E-state index contributed by atoms with van der Waals surface area (Å²) >= 11 is 0. The van der Waals surface area contributed by atoms with Gasteiger partial charge in [0, 0.05) is 26.4 Å². The van der Waals surface area contributed by atoms with E-state index in [0.29, 0.717) is 6.04 Å². The normalized spacial score (nSPS) is 34.0. The minimum Gasteiger partial charge on any atom is -0.381 e. The molecule has 1 atom stereocenters. The average Bonchev–Trinajstić information content (AvgIpc) is 2.49. The van der Waals surface area contributed by atoms with Crippen LogP contribution >= 0.6 is 0 Å². The van der Waals surface area contributed by atoms with Crippen molar-refractivity contribution in [3.8, 4) is 0 Å². The first-order valence-electron chi connectivity index (χ1n) is 8.56. The summed E-state index contributed by atoms with van der Waals surface area (Å²) in [5.41, 5.74) is 0.0703. The number of methoxy groups -OCH3 is 1. The van der Waals surface area contributed by atoms with Gasteiger partial charge in [-0.25, -0.2) is 0 Å². The van der Waals surface area contributed by atoms with Crippen molar-refractivity contribution >= 4 is 0 Å². The molecule has 2 fully saturated rings. The number of likely N-dealkylation sites (N-methyl/N-ethyl adjacent to an activating group) is 1. The van der Waals surface area contributed by atoms with E-state index in [-0.39, 0.29) is 5.60 Å². The highest BCUT2D eigenvalue weighted by Crippen LogP contribution is 2.39. The molecule has 2 aliphatic rings. The smallest absolute Gasteiger partial charge is 0.0831 e. The fourth-order valence-electron chi connectivity index (χ4n) is 3.99. The molecular formula is C17H33NO2. The van der Waals surface area contributed by atoms with E-state index in [1.807, 2.05) is 7.11 Å². The number of ether oxygens (including phenoxy) is 2. The Morgan fingerprint density at radius 2 is 1.85 bits per heavy atom. The van der Waals surface area contributed by atoms with Gasteiger partial charge in [0.1, 0.15) is 0 Å². The highest BCUT2D eigenvalue weighted by molar-refractivity contribution is 4.97. The van der Waals surface area contributed by atoms with Gasteiger partial charge < -0.3 is 14.8 Å². The molecular weight excluding hydrogens is 250 g/mol. The fraction of sp³-hybridized carbons (Fsp3) is 1.00. The summed E-state index contributed by atoms with van der Waals surface area (Å²) in [6.07, 6.45) is 8.74. The van der Waals surface area contributed by atoms with Crippen LogP contribution in [0.25, 0.3) is 0 Å². The van der Waals surface area contributed by atoms with E-state index in [0.717, 1.165) is 31.6 Å². The highest BCUT2D eigenvalue weighted by atomic mass is 16.5. The second kappa shape index (κ2) is 7.77. The van der Waals surface area contributed by atoms with Gasteiger partial charge >= 0.3 is 0 Å². The third-order valence-electron chi connectivity index (χ3n) is 5.52. The van der Waals surface area contributed by atoms with Gasteiger partial charge in [0.25, 0.3) is 0 Å². The molecule has 1 heterocycles. The number of nitrogens with one attached hydrogen (secondary N) is 1. The monoisotopic (exact) mass is 283 g/mol. The molecule has 1 saturated carbocycles. The molecule has 1 unspecified atom stereocenters. The highest BCUT2D eigenvalue weighted by Gasteiger charge is 2.41. The SMILES string of the molecule is CCNC(CC1CCOCC1)C1(OC)CCC(C)CC1. The molecule has 0 aromatic carbocycles. The van der Waals surface area contributed by atoms with Crippen molar-refractivity contribution in [1.29, 1.82) is 0 Å². The van der Waals surface area contributed by atoms with Crippen molar-refractivity contribution in [2.45, 2.75) is 70.4 Å². The van der Waals surface area contributed by atoms with Crippen molar-refractivity contribution in [1.82, 2.24) is 5.32 Å². The van der Waals surface area contributed by atoms with Gasteiger partial charge in [-0.15, -0.1) is 0 Å². The van der Waals surface area contributed by atoms with Crippen LogP contribution in [0.5, 0.6) is 0 Å². The zero-order chi connectivity index (χ0) is 14.4. The zero-order valence-electron chi connectivity index (χ0n) is 13.6. The van der Waals surface area contributed by atoms with E-state index < -0.39 is 0 Å². The maximum Gasteiger partial charge on any atom is 0.0831 e. The Balaban J connectivity index is 2.00. The van der Waals surface area contributed by atoms with Crippen LogP contribution in [0.3, 0.4) is 0 Å². The lowest BCUT2D eigenvalue weighted by molar-refractivity contribution is -0.0822. The second-order valence-electron chi connectivity index (χ2n) is 6.85. The molecule has 0 aromatic heterocycles. The number of hydrogen-bond acceptors (Lipinski definition) is 3. The van der Waals surface area contributed by atoms with Gasteiger partial charge in [-0.3, -0.25) is 0 Å². The van der Waals surface area contributed by atoms with E-state index in [2.05, 4.69) is 19.2 Å². The van der Waals surface area contributed by atoms with Crippen molar-refractivity contribution in [2.24, 2.45) is 11.8 Å². The summed E-state index contributed by atoms with van der Waals surface area (Å²) < 4.78 is 11.6. The Morgan fingerprint density at radius 3 is 2.40 bits per heavy atom. The summed E-state index contributed by atoms with van der Waals surface area (Å²) in [7, 11) is 1.92. The minimum atomic E-state index is 0.0703. The van der Waals surface area contributed by atoms with E-state index in [9.17, 15) is 0 Å². The van der Waals surface area contributed by atoms with Crippen LogP contribution in [0.1, 0.15) is 58.8 Å². The Hall–Kier alpha value is -0.120. The molecule has 0 radical (unpaired) electrons. The van der Waals surface area contributed by atoms with Crippen LogP contribution in [-0.2, 0) is 9.47 Å². The average molecular weight is 283 g/mol. The lowest BCUT2D eigenvalue weighted by Crippen LogP contribution is -2.54. The van der Waals surface area contributed by atoms with Crippen LogP contribution < -0.4 is 5.32 Å². The van der Waals surface area contributed by atoms with Gasteiger partial charge in [-0.05, 0) is 63.3 Å². The first-order valence-corrected chi connectivity index (χ1v) is 8.56. The summed E-state index contributed by atoms with van der Waals surface area (Å²) in [4.78, 5) is 0. The minimum absolute atomic E-state index is 0.0703. The van der Waals surface area contributed by atoms with Crippen molar-refractivity contribution in [3.05, 3.63) is 0 Å². The Morgan fingerprint density at radius 1 is 1.20 bits per heavy atom. The van der Waals surface area contributed by atoms with Crippen molar-refractivity contribution in [2.75, 3.05) is 26.9 Å². The maximum atomic E-state index is 6.09. The van der Waals surface area contributed by atoms with Gasteiger partial charge in [0.2, 0.25) is 0 Å². The predicted octanol–water partition coefficient (Wildman–Crippen LogP) is 3.38. The van der Waals surface area contributed by atoms with E-state index >= 15 is 0 Å². The quantitative estimate of drug-likeness (QED) is 0.810. The zero-order valence-corrected chi connectivity index (χ0v) is 13.6. The number of hydrogen-bond donors (Lipinski definition) is 1. The predicted molar refractivity (Wildman–Crippen MR) is 83.0 cm³/mol. The molecule has 0 bridgehead atoms. The van der Waals surface area contributed by atoms with E-state index in [1.54, 1.807) is 0 Å². The third kappa shape index (κ3) is 3.96. The Labute approximate surface area is 124 Å². The molecule has 20 heavy (non-hydrogen) atoms. The summed E-state index contributed by atoms with van der Waals surface area (Å²) in [5, 5.41) is 3.74. The molecule has 0 aromatic rings. The molecule has 1 aliphatic heterocycles.